The molecule has 0 radical (unpaired) electrons. The van der Waals surface area contributed by atoms with Crippen LogP contribution in [0.4, 0.5) is 18.9 Å². The molecule has 1 aliphatic heterocycles. The summed E-state index contributed by atoms with van der Waals surface area (Å²) >= 11 is 0. The van der Waals surface area contributed by atoms with Crippen LogP contribution in [0.5, 0.6) is 0 Å². The Morgan fingerprint density at radius 1 is 1.14 bits per heavy atom. The van der Waals surface area contributed by atoms with E-state index in [1.54, 1.807) is 12.1 Å². The monoisotopic (exact) mass is 300 g/mol. The van der Waals surface area contributed by atoms with Gasteiger partial charge in [-0.05, 0) is 37.0 Å². The van der Waals surface area contributed by atoms with Gasteiger partial charge in [0.1, 0.15) is 0 Å². The first-order valence-electron chi connectivity index (χ1n) is 7.04. The van der Waals surface area contributed by atoms with Crippen molar-refractivity contribution in [3.8, 4) is 0 Å². The van der Waals surface area contributed by atoms with Crippen molar-refractivity contribution in [1.29, 1.82) is 0 Å². The maximum absolute atomic E-state index is 12.3. The molecule has 1 heterocycles. The molecule has 21 heavy (non-hydrogen) atoms. The van der Waals surface area contributed by atoms with E-state index in [0.29, 0.717) is 10.5 Å². The lowest BCUT2D eigenvalue weighted by molar-refractivity contribution is -0.184. The smallest absolute Gasteiger partial charge is 0.372 e. The van der Waals surface area contributed by atoms with E-state index in [0.717, 1.165) is 25.8 Å². The molecule has 0 aromatic heterocycles. The zero-order valence-corrected chi connectivity index (χ0v) is 12.0. The molecular weight excluding hydrogens is 281 g/mol. The first kappa shape index (κ1) is 15.7. The maximum atomic E-state index is 12.3. The molecule has 1 aromatic carbocycles. The first-order chi connectivity index (χ1) is 9.88. The number of piperidine rings is 1. The molecule has 6 heteroatoms. The van der Waals surface area contributed by atoms with Gasteiger partial charge in [-0.25, -0.2) is 0 Å². The number of halogens is 3. The van der Waals surface area contributed by atoms with E-state index >= 15 is 0 Å². The zero-order valence-electron chi connectivity index (χ0n) is 12.0. The molecular formula is C15H19F3N2O. The fraction of sp³-hybridized carbons (Fsp3) is 0.533. The average Bonchev–Trinajstić information content (AvgIpc) is 2.47. The largest absolute Gasteiger partial charge is 0.471 e. The van der Waals surface area contributed by atoms with Crippen molar-refractivity contribution >= 4 is 11.6 Å². The number of hydrogen-bond acceptors (Lipinski definition) is 2. The quantitative estimate of drug-likeness (QED) is 0.856. The van der Waals surface area contributed by atoms with Crippen molar-refractivity contribution in [1.82, 2.24) is 4.90 Å². The Morgan fingerprint density at radius 2 is 1.71 bits per heavy atom. The van der Waals surface area contributed by atoms with E-state index in [1.807, 2.05) is 12.1 Å². The van der Waals surface area contributed by atoms with Gasteiger partial charge >= 0.3 is 12.1 Å². The Hall–Kier alpha value is -1.72. The van der Waals surface area contributed by atoms with E-state index in [1.165, 1.54) is 19.3 Å². The van der Waals surface area contributed by atoms with E-state index in [4.69, 9.17) is 0 Å². The SMILES string of the molecule is CN(Cc1ccc(N2CCCCC2)cc1)C(=O)C(F)(F)F. The molecule has 3 nitrogen and oxygen atoms in total. The van der Waals surface area contributed by atoms with Crippen molar-refractivity contribution in [2.45, 2.75) is 32.0 Å². The number of alkyl halides is 3. The van der Waals surface area contributed by atoms with Crippen molar-refractivity contribution in [3.63, 3.8) is 0 Å². The highest BCUT2D eigenvalue weighted by atomic mass is 19.4. The summed E-state index contributed by atoms with van der Waals surface area (Å²) in [6.07, 6.45) is -1.23. The van der Waals surface area contributed by atoms with Crippen LogP contribution >= 0.6 is 0 Å². The lowest BCUT2D eigenvalue weighted by Crippen LogP contribution is -2.37. The van der Waals surface area contributed by atoms with Gasteiger partial charge < -0.3 is 9.80 Å². The van der Waals surface area contributed by atoms with Crippen molar-refractivity contribution in [2.75, 3.05) is 25.0 Å². The predicted molar refractivity (Wildman–Crippen MR) is 75.0 cm³/mol. The summed E-state index contributed by atoms with van der Waals surface area (Å²) in [7, 11) is 1.16. The third kappa shape index (κ3) is 4.12. The van der Waals surface area contributed by atoms with Crippen molar-refractivity contribution < 1.29 is 18.0 Å². The minimum absolute atomic E-state index is 0.0430. The Morgan fingerprint density at radius 3 is 2.24 bits per heavy atom. The van der Waals surface area contributed by atoms with E-state index in [9.17, 15) is 18.0 Å². The molecule has 1 saturated heterocycles. The molecule has 116 valence electrons. The Bertz CT molecular complexity index is 479. The third-order valence-electron chi connectivity index (χ3n) is 3.67. The van der Waals surface area contributed by atoms with Crippen LogP contribution in [-0.4, -0.2) is 37.1 Å². The number of hydrogen-bond donors (Lipinski definition) is 0. The maximum Gasteiger partial charge on any atom is 0.471 e. The highest BCUT2D eigenvalue weighted by molar-refractivity contribution is 5.81. The molecule has 1 aliphatic rings. The lowest BCUT2D eigenvalue weighted by Gasteiger charge is -2.29. The van der Waals surface area contributed by atoms with Gasteiger partial charge in [0.2, 0.25) is 0 Å². The van der Waals surface area contributed by atoms with Crippen LogP contribution < -0.4 is 4.90 Å². The molecule has 2 rings (SSSR count). The molecule has 0 atom stereocenters. The molecule has 1 aromatic rings. The molecule has 0 bridgehead atoms. The predicted octanol–water partition coefficient (Wildman–Crippen LogP) is 3.20. The zero-order chi connectivity index (χ0) is 15.5. The first-order valence-corrected chi connectivity index (χ1v) is 7.04. The molecule has 0 aliphatic carbocycles. The van der Waals surface area contributed by atoms with Crippen LogP contribution in [0.1, 0.15) is 24.8 Å². The number of benzene rings is 1. The number of amides is 1. The van der Waals surface area contributed by atoms with Crippen LogP contribution in [0, 0.1) is 0 Å². The van der Waals surface area contributed by atoms with Gasteiger partial charge in [0.15, 0.2) is 0 Å². The van der Waals surface area contributed by atoms with Crippen molar-refractivity contribution in [2.24, 2.45) is 0 Å². The van der Waals surface area contributed by atoms with E-state index in [-0.39, 0.29) is 6.54 Å². The van der Waals surface area contributed by atoms with Crippen molar-refractivity contribution in [3.05, 3.63) is 29.8 Å². The second-order valence-corrected chi connectivity index (χ2v) is 5.37. The summed E-state index contributed by atoms with van der Waals surface area (Å²) in [6, 6.07) is 7.38. The summed E-state index contributed by atoms with van der Waals surface area (Å²) in [6.45, 7) is 2.00. The normalized spacial score (nSPS) is 15.9. The summed E-state index contributed by atoms with van der Waals surface area (Å²) in [5.41, 5.74) is 1.78. The summed E-state index contributed by atoms with van der Waals surface area (Å²) in [4.78, 5) is 14.0. The van der Waals surface area contributed by atoms with Gasteiger partial charge in [0.25, 0.3) is 0 Å². The van der Waals surface area contributed by atoms with Gasteiger partial charge in [-0.3, -0.25) is 4.79 Å². The topological polar surface area (TPSA) is 23.6 Å². The fourth-order valence-corrected chi connectivity index (χ4v) is 2.53. The van der Waals surface area contributed by atoms with Crippen LogP contribution in [-0.2, 0) is 11.3 Å². The van der Waals surface area contributed by atoms with Gasteiger partial charge in [-0.15, -0.1) is 0 Å². The van der Waals surface area contributed by atoms with Gasteiger partial charge in [0, 0.05) is 32.4 Å². The van der Waals surface area contributed by atoms with Gasteiger partial charge in [0.05, 0.1) is 0 Å². The van der Waals surface area contributed by atoms with Crippen LogP contribution in [0.3, 0.4) is 0 Å². The molecule has 0 saturated carbocycles. The number of rotatable bonds is 3. The molecule has 1 fully saturated rings. The van der Waals surface area contributed by atoms with E-state index < -0.39 is 12.1 Å². The standard InChI is InChI=1S/C15H19F3N2O/c1-19(14(21)15(16,17)18)11-12-5-7-13(8-6-12)20-9-3-2-4-10-20/h5-8H,2-4,9-11H2,1H3. The Labute approximate surface area is 122 Å². The van der Waals surface area contributed by atoms with E-state index in [2.05, 4.69) is 4.90 Å². The molecule has 0 N–H and O–H groups in total. The minimum atomic E-state index is -4.82. The molecule has 0 spiro atoms. The Kier molecular flexibility index (Phi) is 4.75. The lowest BCUT2D eigenvalue weighted by atomic mass is 10.1. The van der Waals surface area contributed by atoms with Gasteiger partial charge in [-0.1, -0.05) is 12.1 Å². The average molecular weight is 300 g/mol. The Balaban J connectivity index is 1.97. The van der Waals surface area contributed by atoms with Crippen LogP contribution in [0.15, 0.2) is 24.3 Å². The number of carbonyl (C=O) groups is 1. The van der Waals surface area contributed by atoms with Crippen LogP contribution in [0.2, 0.25) is 0 Å². The number of anilines is 1. The number of carbonyl (C=O) groups excluding carboxylic acids is 1. The molecule has 0 unspecified atom stereocenters. The summed E-state index contributed by atoms with van der Waals surface area (Å²) in [5.74, 6) is -1.82. The van der Waals surface area contributed by atoms with Crippen LogP contribution in [0.25, 0.3) is 0 Å². The summed E-state index contributed by atoms with van der Waals surface area (Å²) in [5, 5.41) is 0. The molecule has 1 amide bonds. The van der Waals surface area contributed by atoms with Gasteiger partial charge in [-0.2, -0.15) is 13.2 Å². The second kappa shape index (κ2) is 6.37. The fourth-order valence-electron chi connectivity index (χ4n) is 2.53. The summed E-state index contributed by atoms with van der Waals surface area (Å²) < 4.78 is 36.9. The highest BCUT2D eigenvalue weighted by Crippen LogP contribution is 2.22. The highest BCUT2D eigenvalue weighted by Gasteiger charge is 2.41. The third-order valence-corrected chi connectivity index (χ3v) is 3.67. The second-order valence-electron chi connectivity index (χ2n) is 5.37. The number of nitrogens with zero attached hydrogens (tertiary/aromatic N) is 2. The minimum Gasteiger partial charge on any atom is -0.372 e.